The van der Waals surface area contributed by atoms with Crippen molar-refractivity contribution in [1.29, 1.82) is 0 Å². The van der Waals surface area contributed by atoms with Crippen LogP contribution in [0.25, 0.3) is 11.6 Å². The summed E-state index contributed by atoms with van der Waals surface area (Å²) in [5, 5.41) is 8.25. The van der Waals surface area contributed by atoms with Crippen LogP contribution >= 0.6 is 11.6 Å². The third-order valence-corrected chi connectivity index (χ3v) is 8.06. The number of carbonyl (C=O) groups is 1. The number of piperidine rings is 1. The minimum Gasteiger partial charge on any atom is -0.419 e. The van der Waals surface area contributed by atoms with E-state index in [1.54, 1.807) is 12.3 Å². The first kappa shape index (κ1) is 27.5. The Morgan fingerprint density at radius 3 is 2.64 bits per heavy atom. The van der Waals surface area contributed by atoms with Gasteiger partial charge in [0.25, 0.3) is 11.8 Å². The second-order valence-corrected chi connectivity index (χ2v) is 10.7. The highest BCUT2D eigenvalue weighted by atomic mass is 35.5. The predicted molar refractivity (Wildman–Crippen MR) is 147 cm³/mol. The van der Waals surface area contributed by atoms with E-state index in [1.807, 2.05) is 11.8 Å². The molecule has 2 fully saturated rings. The Balaban J connectivity index is 1.20. The first-order valence-electron chi connectivity index (χ1n) is 13.8. The summed E-state index contributed by atoms with van der Waals surface area (Å²) in [4.78, 5) is 29.1. The molecule has 0 unspecified atom stereocenters. The number of carbonyl (C=O) groups excluding carboxylic acids is 1. The Labute approximate surface area is 233 Å². The number of amides is 1. The molecule has 1 aromatic carbocycles. The smallest absolute Gasteiger partial charge is 0.267 e. The quantitative estimate of drug-likeness (QED) is 0.411. The van der Waals surface area contributed by atoms with Gasteiger partial charge in [-0.05, 0) is 50.8 Å². The molecule has 0 N–H and O–H groups in total. The van der Waals surface area contributed by atoms with Crippen LogP contribution in [0.15, 0.2) is 28.8 Å². The first-order chi connectivity index (χ1) is 18.9. The number of anilines is 1. The summed E-state index contributed by atoms with van der Waals surface area (Å²) in [6.45, 7) is 10.2. The van der Waals surface area contributed by atoms with Gasteiger partial charge < -0.3 is 14.2 Å². The number of hydrogen-bond donors (Lipinski definition) is 0. The van der Waals surface area contributed by atoms with Gasteiger partial charge in [-0.1, -0.05) is 25.4 Å². The fraction of sp³-hybridized carbons (Fsp3) is 0.536. The average Bonchev–Trinajstić information content (AvgIpc) is 3.43. The second-order valence-electron chi connectivity index (χ2n) is 10.3. The van der Waals surface area contributed by atoms with Crippen molar-refractivity contribution in [2.45, 2.75) is 65.0 Å². The second kappa shape index (κ2) is 12.0. The summed E-state index contributed by atoms with van der Waals surface area (Å²) < 4.78 is 19.6. The number of benzene rings is 1. The molecule has 0 spiro atoms. The zero-order valence-electron chi connectivity index (χ0n) is 22.7. The molecule has 0 radical (unpaired) electrons. The molecule has 0 aliphatic carbocycles. The largest absolute Gasteiger partial charge is 0.419 e. The number of halogens is 2. The average molecular weight is 556 g/mol. The summed E-state index contributed by atoms with van der Waals surface area (Å²) in [5.41, 5.74) is 1.79. The summed E-state index contributed by atoms with van der Waals surface area (Å²) in [5.74, 6) is 1.21. The number of rotatable bonds is 7. The van der Waals surface area contributed by atoms with Crippen LogP contribution in [0.2, 0.25) is 5.02 Å². The van der Waals surface area contributed by atoms with Crippen LogP contribution in [0.4, 0.5) is 10.2 Å². The van der Waals surface area contributed by atoms with Gasteiger partial charge in [-0.3, -0.25) is 9.69 Å². The molecule has 1 atom stereocenters. The Hall–Kier alpha value is -3.11. The van der Waals surface area contributed by atoms with Gasteiger partial charge in [-0.15, -0.1) is 10.2 Å². The molecule has 2 aliphatic heterocycles. The van der Waals surface area contributed by atoms with Crippen LogP contribution in [0, 0.1) is 12.7 Å². The number of nitrogens with zero attached hydrogens (tertiary/aromatic N) is 7. The van der Waals surface area contributed by atoms with E-state index in [0.29, 0.717) is 48.2 Å². The SMILES string of the molecule is CCCc1nnc(-c2cnc(N3CCN(C4CCN(C(=O)c5ccc(Cl)c(F)c5)CC4)[C@@H](CC)C3)c(C)n2)o1. The molecule has 0 saturated carbocycles. The topological polar surface area (TPSA) is 91.5 Å². The number of likely N-dealkylation sites (tertiary alicyclic amines) is 1. The lowest BCUT2D eigenvalue weighted by Crippen LogP contribution is -2.58. The molecule has 9 nitrogen and oxygen atoms in total. The molecular weight excluding hydrogens is 521 g/mol. The summed E-state index contributed by atoms with van der Waals surface area (Å²) >= 11 is 5.78. The van der Waals surface area contributed by atoms with Gasteiger partial charge in [0.2, 0.25) is 5.89 Å². The molecule has 2 aliphatic rings. The molecule has 2 aromatic heterocycles. The maximum atomic E-state index is 13.9. The van der Waals surface area contributed by atoms with Gasteiger partial charge in [0.05, 0.1) is 16.9 Å². The molecule has 4 heterocycles. The number of aromatic nitrogens is 4. The highest BCUT2D eigenvalue weighted by molar-refractivity contribution is 6.30. The number of aryl methyl sites for hydroxylation is 2. The van der Waals surface area contributed by atoms with E-state index in [1.165, 1.54) is 12.1 Å². The third kappa shape index (κ3) is 5.91. The van der Waals surface area contributed by atoms with Gasteiger partial charge >= 0.3 is 0 Å². The highest BCUT2D eigenvalue weighted by Gasteiger charge is 2.35. The van der Waals surface area contributed by atoms with E-state index in [2.05, 4.69) is 33.8 Å². The van der Waals surface area contributed by atoms with E-state index in [-0.39, 0.29) is 10.9 Å². The standard InChI is InChI=1S/C28H35ClFN7O2/c1-4-6-25-33-34-27(39-25)24-16-31-26(18(3)32-24)36-13-14-37(20(5-2)17-36)21-9-11-35(12-10-21)28(38)19-7-8-22(29)23(30)15-19/h7-8,15-16,20-21H,4-6,9-14,17H2,1-3H3/t20-/m0/s1. The van der Waals surface area contributed by atoms with Crippen molar-refractivity contribution < 1.29 is 13.6 Å². The highest BCUT2D eigenvalue weighted by Crippen LogP contribution is 2.28. The zero-order valence-corrected chi connectivity index (χ0v) is 23.5. The fourth-order valence-electron chi connectivity index (χ4n) is 5.68. The van der Waals surface area contributed by atoms with Crippen molar-refractivity contribution in [2.24, 2.45) is 0 Å². The van der Waals surface area contributed by atoms with Crippen molar-refractivity contribution in [3.63, 3.8) is 0 Å². The zero-order chi connectivity index (χ0) is 27.5. The van der Waals surface area contributed by atoms with Gasteiger partial charge in [0.1, 0.15) is 17.3 Å². The lowest BCUT2D eigenvalue weighted by Gasteiger charge is -2.47. The fourth-order valence-corrected chi connectivity index (χ4v) is 5.80. The summed E-state index contributed by atoms with van der Waals surface area (Å²) in [6, 6.07) is 5.05. The van der Waals surface area contributed by atoms with Crippen molar-refractivity contribution in [2.75, 3.05) is 37.6 Å². The molecular formula is C28H35ClFN7O2. The molecule has 1 amide bonds. The molecule has 3 aromatic rings. The molecule has 208 valence electrons. The van der Waals surface area contributed by atoms with Crippen molar-refractivity contribution in [3.8, 4) is 11.6 Å². The minimum absolute atomic E-state index is 0.0277. The summed E-state index contributed by atoms with van der Waals surface area (Å²) in [7, 11) is 0. The lowest BCUT2D eigenvalue weighted by molar-refractivity contribution is 0.0490. The van der Waals surface area contributed by atoms with E-state index in [4.69, 9.17) is 26.0 Å². The van der Waals surface area contributed by atoms with Gasteiger partial charge in [-0.2, -0.15) is 0 Å². The number of hydrogen-bond acceptors (Lipinski definition) is 8. The molecule has 11 heteroatoms. The van der Waals surface area contributed by atoms with Crippen LogP contribution in [-0.2, 0) is 6.42 Å². The van der Waals surface area contributed by atoms with Crippen LogP contribution in [0.5, 0.6) is 0 Å². The van der Waals surface area contributed by atoms with Crippen LogP contribution in [0.3, 0.4) is 0 Å². The van der Waals surface area contributed by atoms with Crippen LogP contribution < -0.4 is 4.90 Å². The van der Waals surface area contributed by atoms with E-state index >= 15 is 0 Å². The normalized spacial score (nSPS) is 19.1. The van der Waals surface area contributed by atoms with Crippen LogP contribution in [-0.4, -0.2) is 80.7 Å². The minimum atomic E-state index is -0.564. The molecule has 2 saturated heterocycles. The molecule has 0 bridgehead atoms. The van der Waals surface area contributed by atoms with Gasteiger partial charge in [0.15, 0.2) is 0 Å². The lowest BCUT2D eigenvalue weighted by atomic mass is 9.97. The Kier molecular flexibility index (Phi) is 8.42. The maximum Gasteiger partial charge on any atom is 0.267 e. The van der Waals surface area contributed by atoms with Crippen molar-refractivity contribution in [1.82, 2.24) is 30.0 Å². The van der Waals surface area contributed by atoms with Crippen molar-refractivity contribution >= 4 is 23.3 Å². The molecule has 5 rings (SSSR count). The Morgan fingerprint density at radius 2 is 1.95 bits per heavy atom. The predicted octanol–water partition coefficient (Wildman–Crippen LogP) is 4.79. The van der Waals surface area contributed by atoms with Crippen LogP contribution in [0.1, 0.15) is 61.5 Å². The van der Waals surface area contributed by atoms with Gasteiger partial charge in [-0.25, -0.2) is 14.4 Å². The van der Waals surface area contributed by atoms with E-state index in [9.17, 15) is 9.18 Å². The third-order valence-electron chi connectivity index (χ3n) is 7.76. The monoisotopic (exact) mass is 555 g/mol. The first-order valence-corrected chi connectivity index (χ1v) is 14.2. The maximum absolute atomic E-state index is 13.9. The number of piperazine rings is 1. The van der Waals surface area contributed by atoms with Gasteiger partial charge in [0, 0.05) is 56.8 Å². The van der Waals surface area contributed by atoms with Crippen molar-refractivity contribution in [3.05, 3.63) is 52.4 Å². The van der Waals surface area contributed by atoms with E-state index < -0.39 is 5.82 Å². The molecule has 39 heavy (non-hydrogen) atoms. The van der Waals surface area contributed by atoms with E-state index in [0.717, 1.165) is 63.3 Å². The summed E-state index contributed by atoms with van der Waals surface area (Å²) in [6.07, 6.45) is 6.23. The Morgan fingerprint density at radius 1 is 1.15 bits per heavy atom. The Bertz CT molecular complexity index is 1310.